The molecule has 7 heteroatoms. The molecule has 0 saturated carbocycles. The summed E-state index contributed by atoms with van der Waals surface area (Å²) in [6.45, 7) is 3.71. The van der Waals surface area contributed by atoms with Crippen LogP contribution in [0.15, 0.2) is 16.3 Å². The molecule has 3 atom stereocenters. The third-order valence-electron chi connectivity index (χ3n) is 4.39. The molecule has 0 aliphatic carbocycles. The second-order valence-electron chi connectivity index (χ2n) is 5.85. The fourth-order valence-electron chi connectivity index (χ4n) is 3.46. The Morgan fingerprint density at radius 1 is 1.57 bits per heavy atom. The Hall–Kier alpha value is -1.89. The van der Waals surface area contributed by atoms with E-state index in [1.807, 2.05) is 4.90 Å². The van der Waals surface area contributed by atoms with Gasteiger partial charge in [0.25, 0.3) is 0 Å². The van der Waals surface area contributed by atoms with Gasteiger partial charge in [0.05, 0.1) is 24.4 Å². The zero-order valence-electron chi connectivity index (χ0n) is 11.9. The van der Waals surface area contributed by atoms with E-state index in [4.69, 9.17) is 0 Å². The van der Waals surface area contributed by atoms with Crippen molar-refractivity contribution in [2.75, 3.05) is 19.6 Å². The predicted molar refractivity (Wildman–Crippen MR) is 74.6 cm³/mol. The fourth-order valence-corrected chi connectivity index (χ4v) is 3.46. The van der Waals surface area contributed by atoms with Gasteiger partial charge < -0.3 is 20.0 Å². The van der Waals surface area contributed by atoms with E-state index in [1.54, 1.807) is 13.3 Å². The minimum atomic E-state index is -1.07. The molecule has 21 heavy (non-hydrogen) atoms. The van der Waals surface area contributed by atoms with Crippen molar-refractivity contribution < 1.29 is 19.8 Å². The summed E-state index contributed by atoms with van der Waals surface area (Å²) in [7, 11) is 0. The number of hydrogen-bond acceptors (Lipinski definition) is 5. The molecule has 3 aliphatic heterocycles. The number of nitrogens with zero attached hydrogens (tertiary/aromatic N) is 3. The molecule has 1 fully saturated rings. The number of rotatable bonds is 4. The Morgan fingerprint density at radius 3 is 2.90 bits per heavy atom. The summed E-state index contributed by atoms with van der Waals surface area (Å²) in [5.74, 6) is -1.83. The lowest BCUT2D eigenvalue weighted by atomic mass is 9.83. The van der Waals surface area contributed by atoms with E-state index in [0.29, 0.717) is 13.0 Å². The van der Waals surface area contributed by atoms with Crippen LogP contribution in [0.3, 0.4) is 0 Å². The summed E-state index contributed by atoms with van der Waals surface area (Å²) in [6.07, 6.45) is 2.48. The largest absolute Gasteiger partial charge is 0.477 e. The number of carbonyl (C=O) groups is 2. The van der Waals surface area contributed by atoms with Crippen molar-refractivity contribution in [2.24, 2.45) is 10.9 Å². The molecule has 114 valence electrons. The average Bonchev–Trinajstić information content (AvgIpc) is 2.74. The van der Waals surface area contributed by atoms with E-state index in [2.05, 4.69) is 4.99 Å². The number of β-lactam (4-membered cyclic amide) rings is 1. The SMILES string of the molecule is C[C@@H](O)C1C(=O)N2C(C(=O)O)=C(CN3C=NCCC3)CC12. The maximum Gasteiger partial charge on any atom is 0.352 e. The van der Waals surface area contributed by atoms with Crippen LogP contribution in [0.2, 0.25) is 0 Å². The molecule has 0 aromatic carbocycles. The van der Waals surface area contributed by atoms with Gasteiger partial charge in [0.1, 0.15) is 5.70 Å². The first-order valence-electron chi connectivity index (χ1n) is 7.21. The van der Waals surface area contributed by atoms with Crippen LogP contribution in [0.5, 0.6) is 0 Å². The van der Waals surface area contributed by atoms with Crippen LogP contribution in [0.4, 0.5) is 0 Å². The lowest BCUT2D eigenvalue weighted by molar-refractivity contribution is -0.161. The molecule has 3 rings (SSSR count). The smallest absolute Gasteiger partial charge is 0.352 e. The first kappa shape index (κ1) is 14.1. The predicted octanol–water partition coefficient (Wildman–Crippen LogP) is -0.329. The zero-order chi connectivity index (χ0) is 15.1. The first-order chi connectivity index (χ1) is 10.0. The summed E-state index contributed by atoms with van der Waals surface area (Å²) in [4.78, 5) is 31.1. The number of carboxylic acids is 1. The number of aliphatic hydroxyl groups is 1. The molecule has 7 nitrogen and oxygen atoms in total. The number of aliphatic carboxylic acids is 1. The number of fused-ring (bicyclic) bond motifs is 1. The lowest BCUT2D eigenvalue weighted by Crippen LogP contribution is -2.61. The Kier molecular flexibility index (Phi) is 3.44. The van der Waals surface area contributed by atoms with Gasteiger partial charge in [0, 0.05) is 19.6 Å². The van der Waals surface area contributed by atoms with Gasteiger partial charge in [-0.25, -0.2) is 4.79 Å². The van der Waals surface area contributed by atoms with Crippen molar-refractivity contribution >= 4 is 18.2 Å². The minimum absolute atomic E-state index is 0.0980. The fraction of sp³-hybridized carbons (Fsp3) is 0.643. The molecule has 1 amide bonds. The van der Waals surface area contributed by atoms with E-state index >= 15 is 0 Å². The molecule has 1 saturated heterocycles. The molecule has 3 aliphatic rings. The van der Waals surface area contributed by atoms with E-state index in [9.17, 15) is 19.8 Å². The number of amides is 1. The molecule has 0 aromatic rings. The van der Waals surface area contributed by atoms with Crippen LogP contribution in [-0.2, 0) is 9.59 Å². The number of aliphatic hydroxyl groups excluding tert-OH is 1. The highest BCUT2D eigenvalue weighted by Gasteiger charge is 2.56. The number of carboxylic acid groups (broad SMARTS) is 1. The third-order valence-corrected chi connectivity index (χ3v) is 4.39. The third kappa shape index (κ3) is 2.21. The molecule has 0 aromatic heterocycles. The highest BCUT2D eigenvalue weighted by Crippen LogP contribution is 2.43. The van der Waals surface area contributed by atoms with Gasteiger partial charge in [0.2, 0.25) is 5.91 Å². The van der Waals surface area contributed by atoms with Crippen LogP contribution in [0.25, 0.3) is 0 Å². The van der Waals surface area contributed by atoms with Crippen molar-refractivity contribution in [2.45, 2.75) is 31.9 Å². The summed E-state index contributed by atoms with van der Waals surface area (Å²) in [6, 6.07) is -0.208. The van der Waals surface area contributed by atoms with Gasteiger partial charge in [-0.1, -0.05) is 0 Å². The lowest BCUT2D eigenvalue weighted by Gasteiger charge is -2.44. The second kappa shape index (κ2) is 5.14. The Balaban J connectivity index is 1.82. The maximum absolute atomic E-state index is 12.1. The summed E-state index contributed by atoms with van der Waals surface area (Å²) in [5, 5.41) is 19.1. The number of carbonyl (C=O) groups excluding carboxylic acids is 1. The van der Waals surface area contributed by atoms with Crippen LogP contribution in [0, 0.1) is 5.92 Å². The first-order valence-corrected chi connectivity index (χ1v) is 7.21. The Labute approximate surface area is 122 Å². The van der Waals surface area contributed by atoms with Crippen LogP contribution < -0.4 is 0 Å². The number of aliphatic imine (C=N–C) groups is 1. The summed E-state index contributed by atoms with van der Waals surface area (Å²) in [5.41, 5.74) is 0.846. The zero-order valence-corrected chi connectivity index (χ0v) is 11.9. The van der Waals surface area contributed by atoms with Crippen molar-refractivity contribution in [3.63, 3.8) is 0 Å². The Bertz CT molecular complexity index is 540. The summed E-state index contributed by atoms with van der Waals surface area (Å²) < 4.78 is 0. The van der Waals surface area contributed by atoms with Crippen LogP contribution in [-0.4, -0.2) is 70.0 Å². The monoisotopic (exact) mass is 293 g/mol. The summed E-state index contributed by atoms with van der Waals surface area (Å²) >= 11 is 0. The van der Waals surface area contributed by atoms with Crippen molar-refractivity contribution in [3.05, 3.63) is 11.3 Å². The molecule has 2 N–H and O–H groups in total. The van der Waals surface area contributed by atoms with Gasteiger partial charge in [-0.3, -0.25) is 9.79 Å². The van der Waals surface area contributed by atoms with E-state index in [1.165, 1.54) is 4.90 Å². The van der Waals surface area contributed by atoms with Crippen molar-refractivity contribution in [3.8, 4) is 0 Å². The molecular weight excluding hydrogens is 274 g/mol. The van der Waals surface area contributed by atoms with E-state index < -0.39 is 18.0 Å². The van der Waals surface area contributed by atoms with Gasteiger partial charge in [-0.05, 0) is 25.3 Å². The van der Waals surface area contributed by atoms with E-state index in [-0.39, 0.29) is 17.6 Å². The maximum atomic E-state index is 12.1. The second-order valence-corrected chi connectivity index (χ2v) is 5.85. The molecule has 0 bridgehead atoms. The molecule has 3 heterocycles. The van der Waals surface area contributed by atoms with Gasteiger partial charge in [-0.2, -0.15) is 0 Å². The molecule has 0 radical (unpaired) electrons. The highest BCUT2D eigenvalue weighted by molar-refractivity contribution is 5.99. The minimum Gasteiger partial charge on any atom is -0.477 e. The van der Waals surface area contributed by atoms with Gasteiger partial charge in [0.15, 0.2) is 0 Å². The van der Waals surface area contributed by atoms with E-state index in [0.717, 1.165) is 25.1 Å². The van der Waals surface area contributed by atoms with Gasteiger partial charge >= 0.3 is 5.97 Å². The van der Waals surface area contributed by atoms with Crippen LogP contribution >= 0.6 is 0 Å². The van der Waals surface area contributed by atoms with Crippen molar-refractivity contribution in [1.29, 1.82) is 0 Å². The quantitative estimate of drug-likeness (QED) is 0.692. The Morgan fingerprint density at radius 2 is 2.33 bits per heavy atom. The topological polar surface area (TPSA) is 93.4 Å². The number of hydrogen-bond donors (Lipinski definition) is 2. The molecule has 2 unspecified atom stereocenters. The average molecular weight is 293 g/mol. The van der Waals surface area contributed by atoms with Gasteiger partial charge in [-0.15, -0.1) is 0 Å². The normalized spacial score (nSPS) is 29.5. The molecule has 0 spiro atoms. The molecular formula is C14H19N3O4. The standard InChI is InChI=1S/C14H19N3O4/c1-8(18)11-10-5-9(6-16-4-2-3-15-7-16)12(14(20)21)17(10)13(11)19/h7-8,10-11,18H,2-6H2,1H3,(H,20,21)/t8-,10?,11?/m1/s1. The highest BCUT2D eigenvalue weighted by atomic mass is 16.4. The van der Waals surface area contributed by atoms with Crippen molar-refractivity contribution in [1.82, 2.24) is 9.80 Å². The van der Waals surface area contributed by atoms with Crippen LogP contribution in [0.1, 0.15) is 19.8 Å².